The van der Waals surface area contributed by atoms with E-state index in [0.29, 0.717) is 6.54 Å². The van der Waals surface area contributed by atoms with Gasteiger partial charge in [-0.1, -0.05) is 66.9 Å². The number of hydrogen-bond acceptors (Lipinski definition) is 4. The number of nitrogens with one attached hydrogen (secondary N) is 1. The number of thioether (sulfide) groups is 1. The minimum Gasteiger partial charge on any atom is -0.351 e. The summed E-state index contributed by atoms with van der Waals surface area (Å²) in [5.41, 5.74) is 3.90. The van der Waals surface area contributed by atoms with E-state index in [1.165, 1.54) is 11.8 Å². The minimum absolute atomic E-state index is 0.00516. The molecule has 3 rings (SSSR count). The molecule has 2 aromatic rings. The zero-order chi connectivity index (χ0) is 17.8. The van der Waals surface area contributed by atoms with Crippen LogP contribution >= 0.6 is 11.8 Å². The molecule has 0 aromatic heterocycles. The Hall–Kier alpha value is -2.53. The molecule has 0 saturated heterocycles. The first-order chi connectivity index (χ1) is 12.1. The lowest BCUT2D eigenvalue weighted by Crippen LogP contribution is -2.34. The molecule has 0 unspecified atom stereocenters. The third kappa shape index (κ3) is 3.94. The summed E-state index contributed by atoms with van der Waals surface area (Å²) in [6.07, 6.45) is 0. The van der Waals surface area contributed by atoms with Gasteiger partial charge in [0.15, 0.2) is 5.17 Å². The number of aliphatic imine (C=N–C) groups is 1. The van der Waals surface area contributed by atoms with Crippen molar-refractivity contribution >= 4 is 34.2 Å². The quantitative estimate of drug-likeness (QED) is 0.904. The van der Waals surface area contributed by atoms with Crippen molar-refractivity contribution in [2.45, 2.75) is 18.7 Å². The first-order valence-electron chi connectivity index (χ1n) is 8.15. The molecule has 2 aromatic carbocycles. The van der Waals surface area contributed by atoms with Crippen molar-refractivity contribution < 1.29 is 4.79 Å². The SMILES string of the molecule is C=C1c2ccccc2N=C(S[C@@H](C)C(=O)NCc2ccccc2)N1C. The number of amides is 1. The lowest BCUT2D eigenvalue weighted by atomic mass is 10.1. The Balaban J connectivity index is 1.66. The van der Waals surface area contributed by atoms with E-state index in [0.717, 1.165) is 27.7 Å². The average Bonchev–Trinajstić information content (AvgIpc) is 2.64. The fraction of sp³-hybridized carbons (Fsp3) is 0.200. The van der Waals surface area contributed by atoms with E-state index in [1.807, 2.05) is 73.5 Å². The monoisotopic (exact) mass is 351 g/mol. The van der Waals surface area contributed by atoms with Gasteiger partial charge in [0.25, 0.3) is 0 Å². The Kier molecular flexibility index (Phi) is 5.24. The molecule has 128 valence electrons. The summed E-state index contributed by atoms with van der Waals surface area (Å²) in [7, 11) is 1.93. The summed E-state index contributed by atoms with van der Waals surface area (Å²) in [6.45, 7) is 6.57. The second-order valence-corrected chi connectivity index (χ2v) is 7.19. The fourth-order valence-corrected chi connectivity index (χ4v) is 3.46. The molecule has 0 aliphatic carbocycles. The molecule has 25 heavy (non-hydrogen) atoms. The Bertz CT molecular complexity index is 817. The van der Waals surface area contributed by atoms with Crippen LogP contribution in [0.4, 0.5) is 5.69 Å². The third-order valence-electron chi connectivity index (χ3n) is 4.08. The molecule has 1 N–H and O–H groups in total. The van der Waals surface area contributed by atoms with Crippen molar-refractivity contribution in [3.8, 4) is 0 Å². The van der Waals surface area contributed by atoms with E-state index in [9.17, 15) is 4.79 Å². The number of fused-ring (bicyclic) bond motifs is 1. The Morgan fingerprint density at radius 1 is 1.20 bits per heavy atom. The first-order valence-corrected chi connectivity index (χ1v) is 9.03. The molecular formula is C20H21N3OS. The zero-order valence-electron chi connectivity index (χ0n) is 14.4. The topological polar surface area (TPSA) is 44.7 Å². The maximum Gasteiger partial charge on any atom is 0.233 e. The van der Waals surface area contributed by atoms with E-state index in [4.69, 9.17) is 0 Å². The average molecular weight is 351 g/mol. The predicted octanol–water partition coefficient (Wildman–Crippen LogP) is 4.03. The molecular weight excluding hydrogens is 330 g/mol. The Morgan fingerprint density at radius 3 is 2.64 bits per heavy atom. The number of carbonyl (C=O) groups is 1. The second kappa shape index (κ2) is 7.57. The summed E-state index contributed by atoms with van der Waals surface area (Å²) in [4.78, 5) is 19.0. The van der Waals surface area contributed by atoms with E-state index in [1.54, 1.807) is 0 Å². The molecule has 0 radical (unpaired) electrons. The summed E-state index contributed by atoms with van der Waals surface area (Å²) in [6, 6.07) is 17.8. The lowest BCUT2D eigenvalue weighted by molar-refractivity contribution is -0.120. The number of hydrogen-bond donors (Lipinski definition) is 1. The van der Waals surface area contributed by atoms with Crippen LogP contribution in [0.1, 0.15) is 18.1 Å². The van der Waals surface area contributed by atoms with Crippen LogP contribution in [0.3, 0.4) is 0 Å². The fourth-order valence-electron chi connectivity index (χ4n) is 2.54. The van der Waals surface area contributed by atoms with Gasteiger partial charge in [-0.25, -0.2) is 4.99 Å². The molecule has 0 fully saturated rings. The van der Waals surface area contributed by atoms with Gasteiger partial charge in [0.2, 0.25) is 5.91 Å². The van der Waals surface area contributed by atoms with Crippen LogP contribution in [0.25, 0.3) is 5.70 Å². The van der Waals surface area contributed by atoms with Crippen LogP contribution in [-0.4, -0.2) is 28.3 Å². The minimum atomic E-state index is -0.247. The normalized spacial score (nSPS) is 14.6. The van der Waals surface area contributed by atoms with Gasteiger partial charge in [-0.2, -0.15) is 0 Å². The lowest BCUT2D eigenvalue weighted by Gasteiger charge is -2.29. The maximum absolute atomic E-state index is 12.4. The van der Waals surface area contributed by atoms with Crippen LogP contribution in [-0.2, 0) is 11.3 Å². The molecule has 0 spiro atoms. The number of benzene rings is 2. The van der Waals surface area contributed by atoms with Crippen molar-refractivity contribution in [1.82, 2.24) is 10.2 Å². The van der Waals surface area contributed by atoms with E-state index >= 15 is 0 Å². The van der Waals surface area contributed by atoms with Crippen LogP contribution in [0.2, 0.25) is 0 Å². The van der Waals surface area contributed by atoms with E-state index < -0.39 is 0 Å². The van der Waals surface area contributed by atoms with Crippen LogP contribution in [0.15, 0.2) is 66.2 Å². The van der Waals surface area contributed by atoms with Gasteiger partial charge >= 0.3 is 0 Å². The zero-order valence-corrected chi connectivity index (χ0v) is 15.2. The highest BCUT2D eigenvalue weighted by molar-refractivity contribution is 8.14. The molecule has 0 bridgehead atoms. The van der Waals surface area contributed by atoms with Crippen molar-refractivity contribution in [1.29, 1.82) is 0 Å². The molecule has 1 aliphatic rings. The summed E-state index contributed by atoms with van der Waals surface area (Å²) in [5.74, 6) is -0.00516. The van der Waals surface area contributed by atoms with Crippen molar-refractivity contribution in [3.63, 3.8) is 0 Å². The van der Waals surface area contributed by atoms with Gasteiger partial charge in [0, 0.05) is 24.9 Å². The van der Waals surface area contributed by atoms with Gasteiger partial charge in [-0.15, -0.1) is 0 Å². The molecule has 1 atom stereocenters. The number of rotatable bonds is 4. The largest absolute Gasteiger partial charge is 0.351 e. The van der Waals surface area contributed by atoms with Crippen molar-refractivity contribution in [3.05, 3.63) is 72.3 Å². The Labute approximate surface area is 152 Å². The summed E-state index contributed by atoms with van der Waals surface area (Å²) >= 11 is 1.44. The van der Waals surface area contributed by atoms with Gasteiger partial charge in [-0.05, 0) is 18.6 Å². The summed E-state index contributed by atoms with van der Waals surface area (Å²) < 4.78 is 0. The molecule has 0 saturated carbocycles. The predicted molar refractivity (Wildman–Crippen MR) is 106 cm³/mol. The van der Waals surface area contributed by atoms with Crippen LogP contribution < -0.4 is 5.32 Å². The van der Waals surface area contributed by atoms with Crippen LogP contribution in [0.5, 0.6) is 0 Å². The molecule has 1 aliphatic heterocycles. The highest BCUT2D eigenvalue weighted by atomic mass is 32.2. The standard InChI is InChI=1S/C20H21N3OS/c1-14-17-11-7-8-12-18(17)22-20(23(14)3)25-15(2)19(24)21-13-16-9-5-4-6-10-16/h4-12,15H,1,13H2,2-3H3,(H,21,24)/t15-/m0/s1. The smallest absolute Gasteiger partial charge is 0.233 e. The molecule has 1 heterocycles. The number of nitrogens with zero attached hydrogens (tertiary/aromatic N) is 2. The molecule has 5 heteroatoms. The Morgan fingerprint density at radius 2 is 1.88 bits per heavy atom. The van der Waals surface area contributed by atoms with Crippen molar-refractivity contribution in [2.75, 3.05) is 7.05 Å². The number of carbonyl (C=O) groups excluding carboxylic acids is 1. The van der Waals surface area contributed by atoms with Gasteiger partial charge in [0.05, 0.1) is 10.9 Å². The van der Waals surface area contributed by atoms with Crippen LogP contribution in [0, 0.1) is 0 Å². The van der Waals surface area contributed by atoms with Crippen molar-refractivity contribution in [2.24, 2.45) is 4.99 Å². The third-order valence-corrected chi connectivity index (χ3v) is 5.23. The first kappa shape index (κ1) is 17.3. The highest BCUT2D eigenvalue weighted by Gasteiger charge is 2.24. The van der Waals surface area contributed by atoms with E-state index in [2.05, 4.69) is 16.9 Å². The summed E-state index contributed by atoms with van der Waals surface area (Å²) in [5, 5.41) is 3.51. The second-order valence-electron chi connectivity index (χ2n) is 5.88. The van der Waals surface area contributed by atoms with Gasteiger partial charge in [-0.3, -0.25) is 4.79 Å². The van der Waals surface area contributed by atoms with Gasteiger partial charge < -0.3 is 10.2 Å². The molecule has 1 amide bonds. The number of para-hydroxylation sites is 1. The number of amidine groups is 1. The van der Waals surface area contributed by atoms with Gasteiger partial charge in [0.1, 0.15) is 0 Å². The highest BCUT2D eigenvalue weighted by Crippen LogP contribution is 2.35. The van der Waals surface area contributed by atoms with E-state index in [-0.39, 0.29) is 11.2 Å². The maximum atomic E-state index is 12.4. The molecule has 4 nitrogen and oxygen atoms in total.